The summed E-state index contributed by atoms with van der Waals surface area (Å²) in [5.41, 5.74) is 3.81. The summed E-state index contributed by atoms with van der Waals surface area (Å²) in [5, 5.41) is 7.15. The number of methoxy groups -OCH3 is 1. The molecule has 0 radical (unpaired) electrons. The highest BCUT2D eigenvalue weighted by molar-refractivity contribution is 6.31. The van der Waals surface area contributed by atoms with E-state index in [9.17, 15) is 4.79 Å². The largest absolute Gasteiger partial charge is 0.493 e. The van der Waals surface area contributed by atoms with E-state index >= 15 is 0 Å². The third-order valence-electron chi connectivity index (χ3n) is 6.82. The fourth-order valence-corrected chi connectivity index (χ4v) is 5.11. The Morgan fingerprint density at radius 1 is 1.11 bits per heavy atom. The Morgan fingerprint density at radius 3 is 2.92 bits per heavy atom. The summed E-state index contributed by atoms with van der Waals surface area (Å²) < 4.78 is 11.5. The highest BCUT2D eigenvalue weighted by Gasteiger charge is 2.28. The number of nitrogens with zero attached hydrogens (tertiary/aromatic N) is 3. The maximum absolute atomic E-state index is 13.1. The van der Waals surface area contributed by atoms with Crippen LogP contribution in [0.15, 0.2) is 48.8 Å². The lowest BCUT2D eigenvalue weighted by Crippen LogP contribution is -2.49. The van der Waals surface area contributed by atoms with Gasteiger partial charge in [0.25, 0.3) is 0 Å². The molecule has 8 nitrogen and oxygen atoms in total. The number of hydrogen-bond donors (Lipinski definition) is 2. The molecule has 194 valence electrons. The van der Waals surface area contributed by atoms with E-state index in [0.29, 0.717) is 54.9 Å². The number of carbonyl (C=O) groups is 1. The van der Waals surface area contributed by atoms with Crippen LogP contribution in [0.2, 0.25) is 5.02 Å². The van der Waals surface area contributed by atoms with Crippen LogP contribution in [0.3, 0.4) is 0 Å². The molecule has 0 aliphatic carbocycles. The van der Waals surface area contributed by atoms with Gasteiger partial charge >= 0.3 is 0 Å². The molecular weight excluding hydrogens is 490 g/mol. The van der Waals surface area contributed by atoms with Crippen molar-refractivity contribution >= 4 is 29.0 Å². The SMILES string of the molecule is COc1ccc2cc1OCCCNC(=O)C1CCCCN1Cc1ccc(Cl)c(c1)Cc1cc(ncn1)N2. The van der Waals surface area contributed by atoms with Crippen LogP contribution in [0.4, 0.5) is 11.5 Å². The topological polar surface area (TPSA) is 88.6 Å². The summed E-state index contributed by atoms with van der Waals surface area (Å²) in [5.74, 6) is 2.04. The fourth-order valence-electron chi connectivity index (χ4n) is 4.93. The predicted octanol–water partition coefficient (Wildman–Crippen LogP) is 4.73. The maximum Gasteiger partial charge on any atom is 0.237 e. The Labute approximate surface area is 222 Å². The second-order valence-corrected chi connectivity index (χ2v) is 9.87. The molecule has 1 unspecified atom stereocenters. The van der Waals surface area contributed by atoms with E-state index in [1.165, 1.54) is 0 Å². The smallest absolute Gasteiger partial charge is 0.237 e. The van der Waals surface area contributed by atoms with Crippen molar-refractivity contribution in [2.75, 3.05) is 32.1 Å². The molecule has 0 spiro atoms. The predicted molar refractivity (Wildman–Crippen MR) is 144 cm³/mol. The highest BCUT2D eigenvalue weighted by Crippen LogP contribution is 2.32. The van der Waals surface area contributed by atoms with E-state index in [1.807, 2.05) is 36.4 Å². The van der Waals surface area contributed by atoms with Gasteiger partial charge in [0.15, 0.2) is 11.5 Å². The molecule has 0 saturated carbocycles. The summed E-state index contributed by atoms with van der Waals surface area (Å²) in [6.07, 6.45) is 5.84. The number of benzene rings is 2. The number of fused-ring (bicyclic) bond motifs is 7. The number of ether oxygens (including phenoxy) is 2. The van der Waals surface area contributed by atoms with Crippen molar-refractivity contribution in [1.29, 1.82) is 0 Å². The molecule has 2 N–H and O–H groups in total. The van der Waals surface area contributed by atoms with E-state index in [1.54, 1.807) is 13.4 Å². The van der Waals surface area contributed by atoms with E-state index in [4.69, 9.17) is 21.1 Å². The summed E-state index contributed by atoms with van der Waals surface area (Å²) in [6.45, 7) is 2.62. The number of piperidine rings is 1. The van der Waals surface area contributed by atoms with Crippen LogP contribution in [-0.4, -0.2) is 53.6 Å². The molecule has 37 heavy (non-hydrogen) atoms. The third kappa shape index (κ3) is 6.32. The van der Waals surface area contributed by atoms with Crippen LogP contribution >= 0.6 is 11.6 Å². The molecule has 2 aliphatic heterocycles. The van der Waals surface area contributed by atoms with E-state index < -0.39 is 0 Å². The van der Waals surface area contributed by atoms with Crippen LogP contribution in [-0.2, 0) is 17.8 Å². The first-order valence-corrected chi connectivity index (χ1v) is 13.1. The summed E-state index contributed by atoms with van der Waals surface area (Å²) in [4.78, 5) is 24.2. The van der Waals surface area contributed by atoms with Gasteiger partial charge in [-0.25, -0.2) is 9.97 Å². The Bertz CT molecular complexity index is 1250. The van der Waals surface area contributed by atoms with Gasteiger partial charge in [-0.2, -0.15) is 0 Å². The van der Waals surface area contributed by atoms with Crippen molar-refractivity contribution in [2.24, 2.45) is 0 Å². The Morgan fingerprint density at radius 2 is 2.03 bits per heavy atom. The number of carbonyl (C=O) groups excluding carboxylic acids is 1. The normalized spacial score (nSPS) is 19.0. The molecule has 6 bridgehead atoms. The van der Waals surface area contributed by atoms with Gasteiger partial charge in [-0.05, 0) is 55.1 Å². The molecule has 1 amide bonds. The third-order valence-corrected chi connectivity index (χ3v) is 7.19. The van der Waals surface area contributed by atoms with Crippen LogP contribution in [0.25, 0.3) is 0 Å². The summed E-state index contributed by atoms with van der Waals surface area (Å²) in [6, 6.07) is 13.6. The van der Waals surface area contributed by atoms with Gasteiger partial charge in [0.05, 0.1) is 25.5 Å². The highest BCUT2D eigenvalue weighted by atomic mass is 35.5. The minimum absolute atomic E-state index is 0.0839. The Hall–Kier alpha value is -3.36. The van der Waals surface area contributed by atoms with Gasteiger partial charge in [0.1, 0.15) is 12.1 Å². The van der Waals surface area contributed by atoms with Crippen molar-refractivity contribution < 1.29 is 14.3 Å². The monoisotopic (exact) mass is 521 g/mol. The number of hydrogen-bond acceptors (Lipinski definition) is 7. The summed E-state index contributed by atoms with van der Waals surface area (Å²) in [7, 11) is 1.62. The van der Waals surface area contributed by atoms with Crippen molar-refractivity contribution in [2.45, 2.75) is 44.7 Å². The van der Waals surface area contributed by atoms with Gasteiger partial charge in [-0.1, -0.05) is 30.2 Å². The lowest BCUT2D eigenvalue weighted by Gasteiger charge is -2.34. The number of rotatable bonds is 1. The van der Waals surface area contributed by atoms with Gasteiger partial charge in [0, 0.05) is 42.4 Å². The van der Waals surface area contributed by atoms with Gasteiger partial charge in [0.2, 0.25) is 5.91 Å². The number of anilines is 2. The molecule has 3 heterocycles. The lowest BCUT2D eigenvalue weighted by atomic mass is 9.99. The lowest BCUT2D eigenvalue weighted by molar-refractivity contribution is -0.127. The standard InChI is InChI=1S/C28H32ClN5O3/c1-36-25-9-7-21-15-26(25)37-12-4-10-30-28(35)24-5-2-3-11-34(24)17-19-6-8-23(29)20(13-19)14-22-16-27(33-21)32-18-31-22/h6-9,13,15-16,18,24H,2-5,10-12,14,17H2,1H3,(H,30,35)(H,31,32,33). The number of nitrogens with one attached hydrogen (secondary N) is 2. The minimum atomic E-state index is -0.133. The van der Waals surface area contributed by atoms with E-state index in [0.717, 1.165) is 48.3 Å². The average Bonchev–Trinajstić information content (AvgIpc) is 2.90. The van der Waals surface area contributed by atoms with Crippen molar-refractivity contribution in [3.8, 4) is 11.5 Å². The molecule has 1 aromatic heterocycles. The molecule has 1 fully saturated rings. The number of halogens is 1. The Balaban J connectivity index is 1.46. The average molecular weight is 522 g/mol. The van der Waals surface area contributed by atoms with Crippen LogP contribution < -0.4 is 20.1 Å². The van der Waals surface area contributed by atoms with Gasteiger partial charge < -0.3 is 20.1 Å². The molecule has 5 rings (SSSR count). The molecule has 3 aromatic rings. The molecule has 2 aromatic carbocycles. The second kappa shape index (κ2) is 11.8. The molecule has 1 atom stereocenters. The zero-order valence-corrected chi connectivity index (χ0v) is 21.8. The maximum atomic E-state index is 13.1. The number of amides is 1. The zero-order valence-electron chi connectivity index (χ0n) is 21.0. The first kappa shape index (κ1) is 25.3. The molecule has 9 heteroatoms. The van der Waals surface area contributed by atoms with Crippen LogP contribution in [0, 0.1) is 0 Å². The quantitative estimate of drug-likeness (QED) is 0.478. The number of aromatic nitrogens is 2. The first-order chi connectivity index (χ1) is 18.1. The molecule has 2 aliphatic rings. The minimum Gasteiger partial charge on any atom is -0.493 e. The summed E-state index contributed by atoms with van der Waals surface area (Å²) >= 11 is 6.58. The molecule has 1 saturated heterocycles. The second-order valence-electron chi connectivity index (χ2n) is 9.46. The van der Waals surface area contributed by atoms with Crippen LogP contribution in [0.1, 0.15) is 42.5 Å². The molecular formula is C28H32ClN5O3. The van der Waals surface area contributed by atoms with Crippen molar-refractivity contribution in [3.05, 3.63) is 70.6 Å². The van der Waals surface area contributed by atoms with Crippen molar-refractivity contribution in [3.63, 3.8) is 0 Å². The van der Waals surface area contributed by atoms with Gasteiger partial charge in [-0.15, -0.1) is 0 Å². The van der Waals surface area contributed by atoms with Crippen LogP contribution in [0.5, 0.6) is 11.5 Å². The van der Waals surface area contributed by atoms with Crippen molar-refractivity contribution in [1.82, 2.24) is 20.2 Å². The van der Waals surface area contributed by atoms with Gasteiger partial charge in [-0.3, -0.25) is 9.69 Å². The van der Waals surface area contributed by atoms with E-state index in [-0.39, 0.29) is 11.9 Å². The zero-order chi connectivity index (χ0) is 25.6. The fraction of sp³-hybridized carbons (Fsp3) is 0.393. The van der Waals surface area contributed by atoms with E-state index in [2.05, 4.69) is 31.6 Å². The first-order valence-electron chi connectivity index (χ1n) is 12.8. The Kier molecular flexibility index (Phi) is 8.06.